The van der Waals surface area contributed by atoms with E-state index in [4.69, 9.17) is 11.6 Å². The normalized spacial score (nSPS) is 11.6. The highest BCUT2D eigenvalue weighted by Crippen LogP contribution is 2.30. The molecule has 19 heavy (non-hydrogen) atoms. The van der Waals surface area contributed by atoms with Gasteiger partial charge in [0.05, 0.1) is 17.4 Å². The van der Waals surface area contributed by atoms with Gasteiger partial charge in [-0.15, -0.1) is 0 Å². The molecule has 2 aromatic rings. The van der Waals surface area contributed by atoms with Crippen LogP contribution in [0.2, 0.25) is 5.02 Å². The third kappa shape index (κ3) is 2.63. The SMILES string of the molecule is Cc1cnn(-c2cccc(C(F)(F)F)c2)c(=O)c1Cl. The van der Waals surface area contributed by atoms with E-state index < -0.39 is 17.3 Å². The minimum atomic E-state index is -4.48. The van der Waals surface area contributed by atoms with Crippen LogP contribution in [-0.4, -0.2) is 9.78 Å². The van der Waals surface area contributed by atoms with Crippen LogP contribution in [0, 0.1) is 6.92 Å². The van der Waals surface area contributed by atoms with Gasteiger partial charge < -0.3 is 0 Å². The van der Waals surface area contributed by atoms with Crippen LogP contribution in [0.1, 0.15) is 11.1 Å². The molecule has 0 radical (unpaired) electrons. The van der Waals surface area contributed by atoms with Gasteiger partial charge in [-0.3, -0.25) is 4.79 Å². The smallest absolute Gasteiger partial charge is 0.266 e. The summed E-state index contributed by atoms with van der Waals surface area (Å²) in [4.78, 5) is 11.8. The molecule has 1 heterocycles. The Kier molecular flexibility index (Phi) is 3.36. The van der Waals surface area contributed by atoms with Crippen LogP contribution in [-0.2, 0) is 6.18 Å². The predicted molar refractivity (Wildman–Crippen MR) is 64.6 cm³/mol. The lowest BCUT2D eigenvalue weighted by Gasteiger charge is -2.10. The molecule has 0 saturated carbocycles. The van der Waals surface area contributed by atoms with Crippen LogP contribution in [0.3, 0.4) is 0 Å². The summed E-state index contributed by atoms with van der Waals surface area (Å²) in [5.74, 6) is 0. The second-order valence-corrected chi connectivity index (χ2v) is 4.28. The third-order valence-electron chi connectivity index (χ3n) is 2.51. The highest BCUT2D eigenvalue weighted by atomic mass is 35.5. The Labute approximate surface area is 111 Å². The Morgan fingerprint density at radius 2 is 2.00 bits per heavy atom. The van der Waals surface area contributed by atoms with E-state index in [1.807, 2.05) is 0 Å². The van der Waals surface area contributed by atoms with Gasteiger partial charge in [-0.25, -0.2) is 0 Å². The minimum Gasteiger partial charge on any atom is -0.266 e. The van der Waals surface area contributed by atoms with E-state index >= 15 is 0 Å². The molecule has 100 valence electrons. The first kappa shape index (κ1) is 13.6. The van der Waals surface area contributed by atoms with Gasteiger partial charge >= 0.3 is 6.18 Å². The van der Waals surface area contributed by atoms with Crippen molar-refractivity contribution in [2.24, 2.45) is 0 Å². The number of alkyl halides is 3. The number of halogens is 4. The van der Waals surface area contributed by atoms with Crippen molar-refractivity contribution in [1.29, 1.82) is 0 Å². The Balaban J connectivity index is 2.61. The number of aryl methyl sites for hydroxylation is 1. The number of nitrogens with zero attached hydrogens (tertiary/aromatic N) is 2. The summed E-state index contributed by atoms with van der Waals surface area (Å²) < 4.78 is 38.6. The molecular weight excluding hydrogens is 281 g/mol. The van der Waals surface area contributed by atoms with Crippen LogP contribution in [0.4, 0.5) is 13.2 Å². The van der Waals surface area contributed by atoms with Crippen molar-refractivity contribution in [3.8, 4) is 5.69 Å². The number of hydrogen-bond acceptors (Lipinski definition) is 2. The molecule has 0 unspecified atom stereocenters. The zero-order valence-corrected chi connectivity index (χ0v) is 10.5. The van der Waals surface area contributed by atoms with Crippen molar-refractivity contribution in [1.82, 2.24) is 9.78 Å². The molecule has 2 rings (SSSR count). The van der Waals surface area contributed by atoms with Gasteiger partial charge in [0, 0.05) is 0 Å². The van der Waals surface area contributed by atoms with Gasteiger partial charge in [-0.05, 0) is 30.7 Å². The molecular formula is C12H8ClF3N2O. The summed E-state index contributed by atoms with van der Waals surface area (Å²) in [6, 6.07) is 4.33. The quantitative estimate of drug-likeness (QED) is 0.807. The van der Waals surface area contributed by atoms with Crippen molar-refractivity contribution >= 4 is 11.6 Å². The molecule has 1 aromatic heterocycles. The second-order valence-electron chi connectivity index (χ2n) is 3.91. The van der Waals surface area contributed by atoms with Crippen molar-refractivity contribution in [2.75, 3.05) is 0 Å². The van der Waals surface area contributed by atoms with E-state index in [1.54, 1.807) is 6.92 Å². The average Bonchev–Trinajstić information content (AvgIpc) is 2.35. The molecule has 1 aromatic carbocycles. The summed E-state index contributed by atoms with van der Waals surface area (Å²) in [5, 5.41) is 3.72. The van der Waals surface area contributed by atoms with Crippen molar-refractivity contribution in [2.45, 2.75) is 13.1 Å². The molecule has 0 N–H and O–H groups in total. The largest absolute Gasteiger partial charge is 0.416 e. The number of benzene rings is 1. The second kappa shape index (κ2) is 4.70. The predicted octanol–water partition coefficient (Wildman–Crippen LogP) is 3.21. The number of aromatic nitrogens is 2. The van der Waals surface area contributed by atoms with Gasteiger partial charge in [0.15, 0.2) is 0 Å². The zero-order chi connectivity index (χ0) is 14.2. The Hall–Kier alpha value is -1.82. The Morgan fingerprint density at radius 1 is 1.32 bits per heavy atom. The van der Waals surface area contributed by atoms with E-state index in [1.165, 1.54) is 18.3 Å². The van der Waals surface area contributed by atoms with Gasteiger partial charge in [-0.2, -0.15) is 23.0 Å². The molecule has 0 spiro atoms. The maximum Gasteiger partial charge on any atom is 0.416 e. The van der Waals surface area contributed by atoms with Crippen LogP contribution >= 0.6 is 11.6 Å². The van der Waals surface area contributed by atoms with E-state index in [-0.39, 0.29) is 10.7 Å². The molecule has 0 aliphatic rings. The Morgan fingerprint density at radius 3 is 2.63 bits per heavy atom. The lowest BCUT2D eigenvalue weighted by molar-refractivity contribution is -0.137. The molecule has 0 fully saturated rings. The molecule has 0 atom stereocenters. The van der Waals surface area contributed by atoms with Gasteiger partial charge in [-0.1, -0.05) is 17.7 Å². The lowest BCUT2D eigenvalue weighted by atomic mass is 10.2. The van der Waals surface area contributed by atoms with E-state index in [0.29, 0.717) is 5.56 Å². The molecule has 0 saturated heterocycles. The topological polar surface area (TPSA) is 34.9 Å². The first-order valence-corrected chi connectivity index (χ1v) is 5.60. The monoisotopic (exact) mass is 288 g/mol. The van der Waals surface area contributed by atoms with E-state index in [9.17, 15) is 18.0 Å². The molecule has 0 aliphatic carbocycles. The van der Waals surface area contributed by atoms with E-state index in [2.05, 4.69) is 5.10 Å². The standard InChI is InChI=1S/C12H8ClF3N2O/c1-7-6-17-18(11(19)10(7)13)9-4-2-3-8(5-9)12(14,15)16/h2-6H,1H3. The third-order valence-corrected chi connectivity index (χ3v) is 2.97. The van der Waals surface area contributed by atoms with Crippen molar-refractivity contribution < 1.29 is 13.2 Å². The summed E-state index contributed by atoms with van der Waals surface area (Å²) in [7, 11) is 0. The van der Waals surface area contributed by atoms with Gasteiger partial charge in [0.1, 0.15) is 5.02 Å². The van der Waals surface area contributed by atoms with Gasteiger partial charge in [0.25, 0.3) is 5.56 Å². The summed E-state index contributed by atoms with van der Waals surface area (Å²) in [5.41, 5.74) is -1.02. The van der Waals surface area contributed by atoms with Crippen LogP contribution in [0.25, 0.3) is 5.69 Å². The number of rotatable bonds is 1. The summed E-state index contributed by atoms with van der Waals surface area (Å²) in [6.45, 7) is 1.59. The maximum atomic E-state index is 12.6. The van der Waals surface area contributed by atoms with Crippen LogP contribution < -0.4 is 5.56 Å². The minimum absolute atomic E-state index is 0.0155. The van der Waals surface area contributed by atoms with Crippen LogP contribution in [0.5, 0.6) is 0 Å². The first-order chi connectivity index (χ1) is 8.80. The van der Waals surface area contributed by atoms with Crippen LogP contribution in [0.15, 0.2) is 35.3 Å². The lowest BCUT2D eigenvalue weighted by Crippen LogP contribution is -2.22. The summed E-state index contributed by atoms with van der Waals surface area (Å²) >= 11 is 5.77. The van der Waals surface area contributed by atoms with Crippen molar-refractivity contribution in [3.63, 3.8) is 0 Å². The molecule has 0 amide bonds. The van der Waals surface area contributed by atoms with Gasteiger partial charge in [0.2, 0.25) is 0 Å². The Bertz CT molecular complexity index is 679. The fraction of sp³-hybridized carbons (Fsp3) is 0.167. The fourth-order valence-corrected chi connectivity index (χ4v) is 1.64. The maximum absolute atomic E-state index is 12.6. The first-order valence-electron chi connectivity index (χ1n) is 5.23. The van der Waals surface area contributed by atoms with Crippen molar-refractivity contribution in [3.05, 3.63) is 57.0 Å². The number of hydrogen-bond donors (Lipinski definition) is 0. The molecule has 0 bridgehead atoms. The highest BCUT2D eigenvalue weighted by molar-refractivity contribution is 6.31. The molecule has 3 nitrogen and oxygen atoms in total. The van der Waals surface area contributed by atoms with E-state index in [0.717, 1.165) is 16.8 Å². The summed E-state index contributed by atoms with van der Waals surface area (Å²) in [6.07, 6.45) is -3.15. The zero-order valence-electron chi connectivity index (χ0n) is 9.70. The molecule has 0 aliphatic heterocycles. The highest BCUT2D eigenvalue weighted by Gasteiger charge is 2.30. The fourth-order valence-electron chi connectivity index (χ4n) is 1.51. The molecule has 7 heteroatoms. The average molecular weight is 289 g/mol.